The molecule has 0 radical (unpaired) electrons. The van der Waals surface area contributed by atoms with Crippen LogP contribution in [0.4, 0.5) is 0 Å². The predicted molar refractivity (Wildman–Crippen MR) is 96.9 cm³/mol. The van der Waals surface area contributed by atoms with Gasteiger partial charge in [-0.2, -0.15) is 0 Å². The van der Waals surface area contributed by atoms with Crippen molar-refractivity contribution in [3.8, 4) is 11.1 Å². The van der Waals surface area contributed by atoms with Gasteiger partial charge in [-0.1, -0.05) is 0 Å². The average Bonchev–Trinajstić information content (AvgIpc) is 2.92. The first-order valence-corrected chi connectivity index (χ1v) is 12.0. The Kier molecular flexibility index (Phi) is 8.23. The van der Waals surface area contributed by atoms with Crippen LogP contribution in [0.15, 0.2) is 72.8 Å². The molecule has 1 aliphatic carbocycles. The van der Waals surface area contributed by atoms with Crippen LogP contribution in [0.3, 0.4) is 0 Å². The van der Waals surface area contributed by atoms with E-state index in [4.69, 9.17) is 0 Å². The molecule has 0 spiro atoms. The first-order chi connectivity index (χ1) is 11.1. The van der Waals surface area contributed by atoms with Gasteiger partial charge in [0.2, 0.25) is 0 Å². The Balaban J connectivity index is 0.00000113. The molecule has 132 valence electrons. The number of halogens is 3. The number of fused-ring (bicyclic) bond motifs is 3. The number of hydrogen-bond acceptors (Lipinski definition) is 0. The number of hydrogen-bond donors (Lipinski definition) is 0. The Morgan fingerprint density at radius 1 is 0.692 bits per heavy atom. The van der Waals surface area contributed by atoms with Crippen molar-refractivity contribution in [1.29, 1.82) is 0 Å². The Morgan fingerprint density at radius 2 is 1.27 bits per heavy atom. The van der Waals surface area contributed by atoms with Crippen LogP contribution in [0, 0.1) is 0 Å². The second-order valence-electron chi connectivity index (χ2n) is 6.87. The number of rotatable bonds is 2. The summed E-state index contributed by atoms with van der Waals surface area (Å²) < 4.78 is 1.43. The second kappa shape index (κ2) is 9.10. The third-order valence-electron chi connectivity index (χ3n) is 5.20. The topological polar surface area (TPSA) is 0 Å². The maximum Gasteiger partial charge on any atom is -1.00 e. The van der Waals surface area contributed by atoms with Crippen molar-refractivity contribution in [2.45, 2.75) is 18.6 Å². The summed E-state index contributed by atoms with van der Waals surface area (Å²) in [7, 11) is -1.68. The van der Waals surface area contributed by atoms with Crippen molar-refractivity contribution in [3.05, 3.63) is 83.9 Å². The quantitative estimate of drug-likeness (QED) is 0.342. The van der Waals surface area contributed by atoms with Crippen LogP contribution in [-0.4, -0.2) is 8.07 Å². The number of benzene rings is 3. The van der Waals surface area contributed by atoms with Crippen molar-refractivity contribution in [3.63, 3.8) is 0 Å². The van der Waals surface area contributed by atoms with Gasteiger partial charge in [-0.25, -0.2) is 0 Å². The molecule has 0 heterocycles. The van der Waals surface area contributed by atoms with E-state index < -0.39 is 8.07 Å². The molecule has 0 amide bonds. The third-order valence-corrected chi connectivity index (χ3v) is 9.74. The van der Waals surface area contributed by atoms with E-state index in [9.17, 15) is 0 Å². The van der Waals surface area contributed by atoms with Gasteiger partial charge in [0.1, 0.15) is 0 Å². The van der Waals surface area contributed by atoms with Gasteiger partial charge in [-0.05, 0) is 0 Å². The van der Waals surface area contributed by atoms with Crippen LogP contribution in [0.2, 0.25) is 13.1 Å². The molecular formula is C21H19Cl3SiTi. The van der Waals surface area contributed by atoms with E-state index in [-0.39, 0.29) is 37.2 Å². The van der Waals surface area contributed by atoms with Crippen LogP contribution < -0.4 is 46.3 Å². The Hall–Kier alpha value is -0.539. The maximum atomic E-state index is 2.52. The van der Waals surface area contributed by atoms with Gasteiger partial charge >= 0.3 is 151 Å². The van der Waals surface area contributed by atoms with E-state index in [2.05, 4.69) is 106 Å². The molecule has 0 fully saturated rings. The minimum absolute atomic E-state index is 0. The molecule has 0 nitrogen and oxygen atoms in total. The van der Waals surface area contributed by atoms with Crippen LogP contribution in [-0.2, 0) is 20.4 Å². The fourth-order valence-electron chi connectivity index (χ4n) is 4.04. The first-order valence-electron chi connectivity index (χ1n) is 8.10. The summed E-state index contributed by atoms with van der Waals surface area (Å²) in [5.74, 6) is 0. The zero-order valence-corrected chi connectivity index (χ0v) is 19.5. The average molecular weight is 454 g/mol. The summed E-state index contributed by atoms with van der Waals surface area (Å²) in [4.78, 5) is 0. The molecule has 1 unspecified atom stereocenters. The van der Waals surface area contributed by atoms with Crippen LogP contribution >= 0.6 is 0 Å². The van der Waals surface area contributed by atoms with E-state index in [1.807, 2.05) is 0 Å². The Labute approximate surface area is 187 Å². The van der Waals surface area contributed by atoms with Crippen LogP contribution in [0.25, 0.3) is 11.1 Å². The first kappa shape index (κ1) is 23.5. The fourth-order valence-corrected chi connectivity index (χ4v) is 8.30. The van der Waals surface area contributed by atoms with Crippen molar-refractivity contribution in [2.75, 3.05) is 0 Å². The van der Waals surface area contributed by atoms with Crippen molar-refractivity contribution in [2.24, 2.45) is 0 Å². The van der Waals surface area contributed by atoms with Crippen molar-refractivity contribution >= 4 is 17.1 Å². The zero-order chi connectivity index (χ0) is 16.0. The van der Waals surface area contributed by atoms with E-state index in [1.54, 1.807) is 5.56 Å². The smallest absolute Gasteiger partial charge is 1.00 e. The molecular weight excluding hydrogens is 435 g/mol. The summed E-state index contributed by atoms with van der Waals surface area (Å²) >= 11 is 2.27. The summed E-state index contributed by atoms with van der Waals surface area (Å²) in [6, 6.07) is 26.9. The summed E-state index contributed by atoms with van der Waals surface area (Å²) in [5.41, 5.74) is 6.51. The predicted octanol–water partition coefficient (Wildman–Crippen LogP) is -4.86. The molecule has 5 heteroatoms. The molecule has 3 aromatic rings. The van der Waals surface area contributed by atoms with E-state index >= 15 is 0 Å². The fraction of sp³-hybridized carbons (Fsp3) is 0.143. The molecule has 0 aromatic heterocycles. The molecule has 0 saturated carbocycles. The largest absolute Gasteiger partial charge is 1.00 e. The summed E-state index contributed by atoms with van der Waals surface area (Å²) in [6.45, 7) is 5.04. The minimum Gasteiger partial charge on any atom is -1.00 e. The Bertz CT molecular complexity index is 881. The molecule has 0 saturated heterocycles. The molecule has 1 aliphatic rings. The maximum absolute atomic E-state index is 2.52. The minimum atomic E-state index is -1.68. The molecule has 0 bridgehead atoms. The van der Waals surface area contributed by atoms with Gasteiger partial charge in [-0.15, -0.1) is 0 Å². The second-order valence-corrected chi connectivity index (χ2v) is 12.3. The normalized spacial score (nSPS) is 14.2. The molecule has 0 aliphatic heterocycles. The summed E-state index contributed by atoms with van der Waals surface area (Å²) in [6.07, 6.45) is 0. The van der Waals surface area contributed by atoms with Gasteiger partial charge in [0.15, 0.2) is 0 Å². The molecule has 3 aromatic carbocycles. The van der Waals surface area contributed by atoms with Crippen molar-refractivity contribution < 1.29 is 57.7 Å². The SMILES string of the molecule is C[Si](C)(c1ccccc1)C1c2ccccc2-c2ccc[c]([Ti+3])c21.[Cl-].[Cl-].[Cl-]. The monoisotopic (exact) mass is 452 g/mol. The molecule has 26 heavy (non-hydrogen) atoms. The van der Waals surface area contributed by atoms with Gasteiger partial charge in [0, 0.05) is 0 Å². The van der Waals surface area contributed by atoms with Gasteiger partial charge < -0.3 is 37.2 Å². The molecule has 1 atom stereocenters. The van der Waals surface area contributed by atoms with Crippen molar-refractivity contribution in [1.82, 2.24) is 0 Å². The summed E-state index contributed by atoms with van der Waals surface area (Å²) in [5, 5.41) is 1.54. The van der Waals surface area contributed by atoms with E-state index in [0.29, 0.717) is 5.54 Å². The Morgan fingerprint density at radius 3 is 1.96 bits per heavy atom. The van der Waals surface area contributed by atoms with E-state index in [1.165, 1.54) is 25.7 Å². The van der Waals surface area contributed by atoms with Gasteiger partial charge in [0.25, 0.3) is 0 Å². The zero-order valence-electron chi connectivity index (χ0n) is 14.6. The molecule has 4 rings (SSSR count). The van der Waals surface area contributed by atoms with Crippen LogP contribution in [0.5, 0.6) is 0 Å². The third kappa shape index (κ3) is 3.71. The van der Waals surface area contributed by atoms with Gasteiger partial charge in [-0.3, -0.25) is 0 Å². The van der Waals surface area contributed by atoms with Crippen LogP contribution in [0.1, 0.15) is 16.7 Å². The van der Waals surface area contributed by atoms with Gasteiger partial charge in [0.05, 0.1) is 0 Å². The standard InChI is InChI=1S/C21H19Si.3ClH.Ti/c1-22(2,16-10-4-3-5-11-16)21-19-14-8-6-12-17(19)18-13-7-9-15-20(18)21;;;;/h3-14,21H,1-2H3;3*1H;/q;;;;+3/p-3. The van der Waals surface area contributed by atoms with E-state index in [0.717, 1.165) is 0 Å². The molecule has 0 N–H and O–H groups in total.